The quantitative estimate of drug-likeness (QED) is 0.577. The van der Waals surface area contributed by atoms with E-state index in [1.807, 2.05) is 11.4 Å². The maximum absolute atomic E-state index is 4.41. The minimum Gasteiger partial charge on any atom is -0.362 e. The van der Waals surface area contributed by atoms with Crippen molar-refractivity contribution >= 4 is 38.1 Å². The van der Waals surface area contributed by atoms with Gasteiger partial charge in [0.05, 0.1) is 16.3 Å². The van der Waals surface area contributed by atoms with Crippen LogP contribution in [0.15, 0.2) is 60.2 Å². The SMILES string of the molecule is C[C@H](Nc1ncnc2ccsc12)c1cccc2ccccc12. The van der Waals surface area contributed by atoms with Crippen LogP contribution in [0, 0.1) is 0 Å². The first-order valence-electron chi connectivity index (χ1n) is 7.25. The van der Waals surface area contributed by atoms with Gasteiger partial charge < -0.3 is 5.32 Å². The maximum atomic E-state index is 4.41. The highest BCUT2D eigenvalue weighted by atomic mass is 32.1. The first-order valence-corrected chi connectivity index (χ1v) is 8.13. The van der Waals surface area contributed by atoms with Crippen LogP contribution in [-0.4, -0.2) is 9.97 Å². The topological polar surface area (TPSA) is 37.8 Å². The second-order valence-electron chi connectivity index (χ2n) is 5.29. The zero-order chi connectivity index (χ0) is 14.9. The molecular formula is C18H15N3S. The van der Waals surface area contributed by atoms with Crippen molar-refractivity contribution < 1.29 is 0 Å². The Morgan fingerprint density at radius 3 is 2.82 bits per heavy atom. The maximum Gasteiger partial charge on any atom is 0.147 e. The molecule has 0 radical (unpaired) electrons. The van der Waals surface area contributed by atoms with Crippen LogP contribution in [0.1, 0.15) is 18.5 Å². The van der Waals surface area contributed by atoms with E-state index >= 15 is 0 Å². The molecule has 4 heteroatoms. The Kier molecular flexibility index (Phi) is 3.24. The molecule has 0 aliphatic carbocycles. The number of nitrogens with one attached hydrogen (secondary N) is 1. The zero-order valence-corrected chi connectivity index (χ0v) is 13.0. The van der Waals surface area contributed by atoms with Gasteiger partial charge in [0, 0.05) is 0 Å². The molecule has 0 aliphatic heterocycles. The molecule has 22 heavy (non-hydrogen) atoms. The Labute approximate surface area is 132 Å². The molecule has 0 saturated carbocycles. The molecular weight excluding hydrogens is 290 g/mol. The average molecular weight is 305 g/mol. The third kappa shape index (κ3) is 2.22. The molecule has 0 fully saturated rings. The molecule has 4 aromatic rings. The zero-order valence-electron chi connectivity index (χ0n) is 12.2. The third-order valence-electron chi connectivity index (χ3n) is 3.89. The van der Waals surface area contributed by atoms with Gasteiger partial charge in [-0.1, -0.05) is 42.5 Å². The molecule has 3 nitrogen and oxygen atoms in total. The predicted octanol–water partition coefficient (Wildman–Crippen LogP) is 5.02. The first-order chi connectivity index (χ1) is 10.8. The summed E-state index contributed by atoms with van der Waals surface area (Å²) in [4.78, 5) is 8.70. The molecule has 2 heterocycles. The second-order valence-corrected chi connectivity index (χ2v) is 6.21. The van der Waals surface area contributed by atoms with Crippen molar-refractivity contribution in [3.05, 3.63) is 65.8 Å². The van der Waals surface area contributed by atoms with E-state index in [4.69, 9.17) is 0 Å². The summed E-state index contributed by atoms with van der Waals surface area (Å²) >= 11 is 1.67. The molecule has 1 N–H and O–H groups in total. The fourth-order valence-corrected chi connectivity index (χ4v) is 3.60. The minimum atomic E-state index is 0.173. The van der Waals surface area contributed by atoms with Crippen molar-refractivity contribution in [2.45, 2.75) is 13.0 Å². The molecule has 2 aromatic carbocycles. The van der Waals surface area contributed by atoms with E-state index in [1.165, 1.54) is 16.3 Å². The molecule has 0 bridgehead atoms. The number of nitrogens with zero attached hydrogens (tertiary/aromatic N) is 2. The second kappa shape index (κ2) is 5.39. The summed E-state index contributed by atoms with van der Waals surface area (Å²) in [6, 6.07) is 17.1. The van der Waals surface area contributed by atoms with Crippen LogP contribution < -0.4 is 5.32 Å². The number of benzene rings is 2. The van der Waals surface area contributed by atoms with Gasteiger partial charge in [0.25, 0.3) is 0 Å². The summed E-state index contributed by atoms with van der Waals surface area (Å²) in [5, 5.41) is 8.13. The number of anilines is 1. The lowest BCUT2D eigenvalue weighted by Gasteiger charge is -2.17. The van der Waals surface area contributed by atoms with Gasteiger partial charge in [-0.3, -0.25) is 0 Å². The van der Waals surface area contributed by atoms with Crippen LogP contribution in [0.2, 0.25) is 0 Å². The van der Waals surface area contributed by atoms with Crippen LogP contribution in [0.3, 0.4) is 0 Å². The molecule has 0 aliphatic rings. The molecule has 0 amide bonds. The highest BCUT2D eigenvalue weighted by molar-refractivity contribution is 7.17. The number of aromatic nitrogens is 2. The molecule has 0 saturated heterocycles. The van der Waals surface area contributed by atoms with E-state index in [2.05, 4.69) is 64.7 Å². The summed E-state index contributed by atoms with van der Waals surface area (Å²) < 4.78 is 1.11. The molecule has 1 atom stereocenters. The van der Waals surface area contributed by atoms with Crippen molar-refractivity contribution in [2.24, 2.45) is 0 Å². The standard InChI is InChI=1S/C18H15N3S/c1-12(14-8-4-6-13-5-2-3-7-15(13)14)21-18-17-16(9-10-22-17)19-11-20-18/h2-12H,1H3,(H,19,20,21)/t12-/m0/s1. The van der Waals surface area contributed by atoms with E-state index in [9.17, 15) is 0 Å². The summed E-state index contributed by atoms with van der Waals surface area (Å²) in [5.74, 6) is 0.903. The summed E-state index contributed by atoms with van der Waals surface area (Å²) in [7, 11) is 0. The van der Waals surface area contributed by atoms with Crippen molar-refractivity contribution in [2.75, 3.05) is 5.32 Å². The fourth-order valence-electron chi connectivity index (χ4n) is 2.80. The molecule has 0 spiro atoms. The van der Waals surface area contributed by atoms with Crippen LogP contribution in [0.5, 0.6) is 0 Å². The summed E-state index contributed by atoms with van der Waals surface area (Å²) in [6.07, 6.45) is 1.62. The fraction of sp³-hybridized carbons (Fsp3) is 0.111. The number of thiophene rings is 1. The Morgan fingerprint density at radius 2 is 1.86 bits per heavy atom. The molecule has 4 rings (SSSR count). The van der Waals surface area contributed by atoms with Crippen molar-refractivity contribution in [1.29, 1.82) is 0 Å². The monoisotopic (exact) mass is 305 g/mol. The Hall–Kier alpha value is -2.46. The lowest BCUT2D eigenvalue weighted by Crippen LogP contribution is -2.08. The highest BCUT2D eigenvalue weighted by Gasteiger charge is 2.12. The minimum absolute atomic E-state index is 0.173. The number of hydrogen-bond acceptors (Lipinski definition) is 4. The predicted molar refractivity (Wildman–Crippen MR) is 93.4 cm³/mol. The first kappa shape index (κ1) is 13.2. The van der Waals surface area contributed by atoms with Gasteiger partial charge in [0.1, 0.15) is 12.1 Å². The largest absolute Gasteiger partial charge is 0.362 e. The van der Waals surface area contributed by atoms with Crippen LogP contribution >= 0.6 is 11.3 Å². The highest BCUT2D eigenvalue weighted by Crippen LogP contribution is 2.30. The van der Waals surface area contributed by atoms with Crippen LogP contribution in [-0.2, 0) is 0 Å². The van der Waals surface area contributed by atoms with Crippen molar-refractivity contribution in [3.63, 3.8) is 0 Å². The normalized spacial score (nSPS) is 12.6. The Balaban J connectivity index is 1.75. The van der Waals surface area contributed by atoms with Crippen LogP contribution in [0.4, 0.5) is 5.82 Å². The van der Waals surface area contributed by atoms with E-state index in [0.717, 1.165) is 16.0 Å². The van der Waals surface area contributed by atoms with E-state index < -0.39 is 0 Å². The lowest BCUT2D eigenvalue weighted by molar-refractivity contribution is 0.885. The van der Waals surface area contributed by atoms with E-state index in [1.54, 1.807) is 17.7 Å². The number of hydrogen-bond donors (Lipinski definition) is 1. The van der Waals surface area contributed by atoms with Gasteiger partial charge in [0.2, 0.25) is 0 Å². The Bertz CT molecular complexity index is 940. The molecule has 108 valence electrons. The number of rotatable bonds is 3. The third-order valence-corrected chi connectivity index (χ3v) is 4.80. The van der Waals surface area contributed by atoms with Gasteiger partial charge in [-0.05, 0) is 34.7 Å². The van der Waals surface area contributed by atoms with Gasteiger partial charge in [-0.15, -0.1) is 11.3 Å². The van der Waals surface area contributed by atoms with E-state index in [-0.39, 0.29) is 6.04 Å². The average Bonchev–Trinajstić information content (AvgIpc) is 3.04. The summed E-state index contributed by atoms with van der Waals surface area (Å²) in [6.45, 7) is 2.17. The van der Waals surface area contributed by atoms with Crippen molar-refractivity contribution in [1.82, 2.24) is 9.97 Å². The Morgan fingerprint density at radius 1 is 1.00 bits per heavy atom. The smallest absolute Gasteiger partial charge is 0.147 e. The van der Waals surface area contributed by atoms with E-state index in [0.29, 0.717) is 0 Å². The van der Waals surface area contributed by atoms with Crippen molar-refractivity contribution in [3.8, 4) is 0 Å². The summed E-state index contributed by atoms with van der Waals surface area (Å²) in [5.41, 5.74) is 2.27. The van der Waals surface area contributed by atoms with Gasteiger partial charge in [-0.25, -0.2) is 9.97 Å². The van der Waals surface area contributed by atoms with Gasteiger partial charge in [0.15, 0.2) is 0 Å². The van der Waals surface area contributed by atoms with Gasteiger partial charge in [-0.2, -0.15) is 0 Å². The lowest BCUT2D eigenvalue weighted by atomic mass is 10.00. The molecule has 0 unspecified atom stereocenters. The molecule has 2 aromatic heterocycles. The van der Waals surface area contributed by atoms with Gasteiger partial charge >= 0.3 is 0 Å². The number of fused-ring (bicyclic) bond motifs is 2. The van der Waals surface area contributed by atoms with Crippen LogP contribution in [0.25, 0.3) is 21.0 Å².